The highest BCUT2D eigenvalue weighted by Crippen LogP contribution is 2.20. The van der Waals surface area contributed by atoms with E-state index in [2.05, 4.69) is 30.7 Å². The molecule has 0 aliphatic heterocycles. The second-order valence-electron chi connectivity index (χ2n) is 4.46. The molecular weight excluding hydrogens is 332 g/mol. The van der Waals surface area contributed by atoms with Crippen LogP contribution < -0.4 is 10.6 Å². The lowest BCUT2D eigenvalue weighted by atomic mass is 10.2. The number of nitrogens with zero attached hydrogens (tertiary/aromatic N) is 6. The highest BCUT2D eigenvalue weighted by molar-refractivity contribution is 5.89. The Balaban J connectivity index is 2.57. The number of anilines is 2. The summed E-state index contributed by atoms with van der Waals surface area (Å²) in [6, 6.07) is 4.84. The van der Waals surface area contributed by atoms with Gasteiger partial charge in [-0.05, 0) is 35.7 Å². The Morgan fingerprint density at radius 1 is 1.04 bits per heavy atom. The SMILES string of the molecule is Cc1ccc(NC(=O)OCCN=[N+]=[N-])cc1NC(=O)OCCN=[N+]=[N-]. The standard InChI is InChI=1S/C13H16N8O4/c1-9-2-3-10(18-12(22)24-6-4-16-20-14)8-11(9)19-13(23)25-7-5-17-21-15/h2-3,8H,4-7H2,1H3,(H,18,22)(H,19,23). The van der Waals surface area contributed by atoms with E-state index in [1.165, 1.54) is 6.07 Å². The van der Waals surface area contributed by atoms with Crippen molar-refractivity contribution >= 4 is 23.6 Å². The maximum Gasteiger partial charge on any atom is 0.411 e. The van der Waals surface area contributed by atoms with Gasteiger partial charge in [0.15, 0.2) is 0 Å². The first-order valence-corrected chi connectivity index (χ1v) is 7.06. The van der Waals surface area contributed by atoms with Crippen LogP contribution in [0.3, 0.4) is 0 Å². The molecule has 2 N–H and O–H groups in total. The van der Waals surface area contributed by atoms with Gasteiger partial charge < -0.3 is 9.47 Å². The highest BCUT2D eigenvalue weighted by Gasteiger charge is 2.08. The molecule has 25 heavy (non-hydrogen) atoms. The van der Waals surface area contributed by atoms with Crippen molar-refractivity contribution in [1.82, 2.24) is 0 Å². The Morgan fingerprint density at radius 3 is 2.16 bits per heavy atom. The summed E-state index contributed by atoms with van der Waals surface area (Å²) in [5, 5.41) is 11.5. The first-order chi connectivity index (χ1) is 12.1. The molecule has 0 aliphatic carbocycles. The largest absolute Gasteiger partial charge is 0.449 e. The Morgan fingerprint density at radius 2 is 1.60 bits per heavy atom. The lowest BCUT2D eigenvalue weighted by Gasteiger charge is -2.11. The third-order valence-electron chi connectivity index (χ3n) is 2.70. The van der Waals surface area contributed by atoms with Crippen LogP contribution in [0, 0.1) is 6.92 Å². The molecule has 2 amide bonds. The van der Waals surface area contributed by atoms with Crippen LogP contribution >= 0.6 is 0 Å². The van der Waals surface area contributed by atoms with Crippen LogP contribution in [0.2, 0.25) is 0 Å². The van der Waals surface area contributed by atoms with E-state index in [0.717, 1.165) is 5.56 Å². The average molecular weight is 348 g/mol. The number of hydrogen-bond donors (Lipinski definition) is 2. The second-order valence-corrected chi connectivity index (χ2v) is 4.46. The van der Waals surface area contributed by atoms with Gasteiger partial charge in [-0.1, -0.05) is 16.3 Å². The molecule has 132 valence electrons. The van der Waals surface area contributed by atoms with Crippen molar-refractivity contribution in [1.29, 1.82) is 0 Å². The molecule has 0 radical (unpaired) electrons. The van der Waals surface area contributed by atoms with Crippen molar-refractivity contribution in [3.63, 3.8) is 0 Å². The quantitative estimate of drug-likeness (QED) is 0.315. The molecule has 0 saturated heterocycles. The number of amides is 2. The van der Waals surface area contributed by atoms with Gasteiger partial charge in [0.1, 0.15) is 0 Å². The first-order valence-electron chi connectivity index (χ1n) is 7.06. The fourth-order valence-electron chi connectivity index (χ4n) is 1.58. The third kappa shape index (κ3) is 7.98. The van der Waals surface area contributed by atoms with Gasteiger partial charge in [0.05, 0.1) is 26.3 Å². The molecule has 0 fully saturated rings. The van der Waals surface area contributed by atoms with Crippen molar-refractivity contribution in [2.45, 2.75) is 6.92 Å². The van der Waals surface area contributed by atoms with Gasteiger partial charge in [-0.15, -0.1) is 0 Å². The number of rotatable bonds is 8. The zero-order valence-corrected chi connectivity index (χ0v) is 13.4. The zero-order valence-electron chi connectivity index (χ0n) is 13.4. The molecule has 1 aromatic carbocycles. The van der Waals surface area contributed by atoms with Gasteiger partial charge in [-0.2, -0.15) is 0 Å². The van der Waals surface area contributed by atoms with E-state index in [-0.39, 0.29) is 26.3 Å². The molecule has 12 heteroatoms. The molecule has 0 unspecified atom stereocenters. The van der Waals surface area contributed by atoms with E-state index >= 15 is 0 Å². The minimum absolute atomic E-state index is 0.0339. The smallest absolute Gasteiger partial charge is 0.411 e. The van der Waals surface area contributed by atoms with Crippen LogP contribution in [0.4, 0.5) is 21.0 Å². The minimum atomic E-state index is -0.722. The monoisotopic (exact) mass is 348 g/mol. The van der Waals surface area contributed by atoms with Gasteiger partial charge in [-0.25, -0.2) is 9.59 Å². The number of benzene rings is 1. The maximum atomic E-state index is 11.6. The number of azide groups is 2. The van der Waals surface area contributed by atoms with Crippen LogP contribution in [0.1, 0.15) is 5.56 Å². The van der Waals surface area contributed by atoms with Crippen molar-refractivity contribution < 1.29 is 19.1 Å². The lowest BCUT2D eigenvalue weighted by Crippen LogP contribution is -2.17. The van der Waals surface area contributed by atoms with Crippen LogP contribution in [0.25, 0.3) is 20.9 Å². The number of carbonyl (C=O) groups excluding carboxylic acids is 2. The molecule has 0 heterocycles. The number of hydrogen-bond acceptors (Lipinski definition) is 6. The van der Waals surface area contributed by atoms with E-state index in [4.69, 9.17) is 20.5 Å². The Kier molecular flexibility index (Phi) is 8.55. The first kappa shape index (κ1) is 19.4. The van der Waals surface area contributed by atoms with Crippen molar-refractivity contribution in [2.75, 3.05) is 36.9 Å². The van der Waals surface area contributed by atoms with Gasteiger partial charge in [0, 0.05) is 21.2 Å². The van der Waals surface area contributed by atoms with Gasteiger partial charge in [0.2, 0.25) is 0 Å². The van der Waals surface area contributed by atoms with E-state index < -0.39 is 12.2 Å². The van der Waals surface area contributed by atoms with Gasteiger partial charge in [-0.3, -0.25) is 10.6 Å². The topological polar surface area (TPSA) is 174 Å². The predicted molar refractivity (Wildman–Crippen MR) is 89.1 cm³/mol. The zero-order chi connectivity index (χ0) is 18.5. The van der Waals surface area contributed by atoms with Crippen molar-refractivity contribution in [3.8, 4) is 0 Å². The molecule has 1 aromatic rings. The van der Waals surface area contributed by atoms with Crippen LogP contribution in [0.5, 0.6) is 0 Å². The molecule has 0 spiro atoms. The number of aryl methyl sites for hydroxylation is 1. The summed E-state index contributed by atoms with van der Waals surface area (Å²) in [5.74, 6) is 0. The summed E-state index contributed by atoms with van der Waals surface area (Å²) in [6.45, 7) is 1.73. The fourth-order valence-corrected chi connectivity index (χ4v) is 1.58. The molecule has 1 rings (SSSR count). The molecule has 0 bridgehead atoms. The summed E-state index contributed by atoms with van der Waals surface area (Å²) >= 11 is 0. The molecule has 0 saturated carbocycles. The van der Waals surface area contributed by atoms with E-state index in [0.29, 0.717) is 11.4 Å². The molecule has 0 aromatic heterocycles. The number of nitrogens with one attached hydrogen (secondary N) is 2. The van der Waals surface area contributed by atoms with Crippen molar-refractivity contribution in [3.05, 3.63) is 44.6 Å². The number of carbonyl (C=O) groups is 2. The average Bonchev–Trinajstić information content (AvgIpc) is 2.58. The summed E-state index contributed by atoms with van der Waals surface area (Å²) in [5.41, 5.74) is 17.8. The molecule has 0 atom stereocenters. The van der Waals surface area contributed by atoms with Gasteiger partial charge in [0.25, 0.3) is 0 Å². The van der Waals surface area contributed by atoms with E-state index in [1.807, 2.05) is 0 Å². The van der Waals surface area contributed by atoms with Crippen LogP contribution in [0.15, 0.2) is 28.4 Å². The molecule has 0 aliphatic rings. The second kappa shape index (κ2) is 11.0. The number of ether oxygens (including phenoxy) is 2. The minimum Gasteiger partial charge on any atom is -0.449 e. The Labute approximate surface area is 142 Å². The van der Waals surface area contributed by atoms with Crippen LogP contribution in [-0.4, -0.2) is 38.5 Å². The summed E-state index contributed by atoms with van der Waals surface area (Å²) in [6.07, 6.45) is -1.44. The van der Waals surface area contributed by atoms with Crippen LogP contribution in [-0.2, 0) is 9.47 Å². The molecular formula is C13H16N8O4. The third-order valence-corrected chi connectivity index (χ3v) is 2.70. The normalized spacial score (nSPS) is 9.16. The van der Waals surface area contributed by atoms with E-state index in [9.17, 15) is 9.59 Å². The van der Waals surface area contributed by atoms with E-state index in [1.54, 1.807) is 19.1 Å². The Bertz CT molecular complexity index is 710. The summed E-state index contributed by atoms with van der Waals surface area (Å²) < 4.78 is 9.64. The summed E-state index contributed by atoms with van der Waals surface area (Å²) in [7, 11) is 0. The maximum absolute atomic E-state index is 11.6. The predicted octanol–water partition coefficient (Wildman–Crippen LogP) is 3.71. The van der Waals surface area contributed by atoms with Gasteiger partial charge >= 0.3 is 12.2 Å². The Hall–Kier alpha value is -3.62. The lowest BCUT2D eigenvalue weighted by molar-refractivity contribution is 0.164. The van der Waals surface area contributed by atoms with Crippen molar-refractivity contribution in [2.24, 2.45) is 10.2 Å². The highest BCUT2D eigenvalue weighted by atomic mass is 16.6. The fraction of sp³-hybridized carbons (Fsp3) is 0.385. The summed E-state index contributed by atoms with van der Waals surface area (Å²) in [4.78, 5) is 28.3. The molecule has 12 nitrogen and oxygen atoms in total.